The number of aliphatic carboxylic acids is 1. The summed E-state index contributed by atoms with van der Waals surface area (Å²) in [6, 6.07) is 9.44. The number of hydrogen-bond acceptors (Lipinski definition) is 6. The second-order valence-electron chi connectivity index (χ2n) is 7.39. The highest BCUT2D eigenvalue weighted by Crippen LogP contribution is 2.44. The molecular weight excluding hydrogens is 466 g/mol. The number of carboxylic acid groups (broad SMARTS) is 1. The highest BCUT2D eigenvalue weighted by atomic mass is 79.9. The molecule has 0 amide bonds. The van der Waals surface area contributed by atoms with Gasteiger partial charge in [-0.25, -0.2) is 0 Å². The second-order valence-corrected chi connectivity index (χ2v) is 8.24. The molecule has 1 N–H and O–H groups in total. The molecule has 0 aromatic heterocycles. The Balaban J connectivity index is 2.11. The third-order valence-electron chi connectivity index (χ3n) is 5.78. The van der Waals surface area contributed by atoms with Gasteiger partial charge in [-0.3, -0.25) is 9.69 Å². The zero-order valence-electron chi connectivity index (χ0n) is 18.2. The largest absolute Gasteiger partial charge is 0.497 e. The lowest BCUT2D eigenvalue weighted by atomic mass is 9.90. The molecule has 1 aliphatic heterocycles. The molecule has 1 unspecified atom stereocenters. The number of likely N-dealkylation sites (tertiary alicyclic amines) is 1. The lowest BCUT2D eigenvalue weighted by Crippen LogP contribution is -2.39. The van der Waals surface area contributed by atoms with Crippen LogP contribution in [0.1, 0.15) is 30.0 Å². The lowest BCUT2D eigenvalue weighted by molar-refractivity contribution is -0.143. The van der Waals surface area contributed by atoms with E-state index in [-0.39, 0.29) is 12.0 Å². The maximum atomic E-state index is 11.5. The third-order valence-corrected chi connectivity index (χ3v) is 6.46. The molecule has 1 saturated heterocycles. The van der Waals surface area contributed by atoms with E-state index in [2.05, 4.69) is 20.8 Å². The number of benzene rings is 2. The summed E-state index contributed by atoms with van der Waals surface area (Å²) in [5, 5.41) is 9.42. The van der Waals surface area contributed by atoms with E-state index in [1.165, 1.54) is 0 Å². The predicted octanol–water partition coefficient (Wildman–Crippen LogP) is 4.37. The van der Waals surface area contributed by atoms with Gasteiger partial charge in [0.15, 0.2) is 11.5 Å². The van der Waals surface area contributed by atoms with E-state index < -0.39 is 5.97 Å². The van der Waals surface area contributed by atoms with E-state index in [9.17, 15) is 9.90 Å². The molecule has 168 valence electrons. The van der Waals surface area contributed by atoms with Crippen LogP contribution in [-0.2, 0) is 4.79 Å². The van der Waals surface area contributed by atoms with Crippen molar-refractivity contribution in [3.05, 3.63) is 45.9 Å². The van der Waals surface area contributed by atoms with Crippen LogP contribution < -0.4 is 18.9 Å². The summed E-state index contributed by atoms with van der Waals surface area (Å²) in [4.78, 5) is 13.7. The molecule has 7 nitrogen and oxygen atoms in total. The van der Waals surface area contributed by atoms with Gasteiger partial charge in [0.25, 0.3) is 0 Å². The summed E-state index contributed by atoms with van der Waals surface area (Å²) in [7, 11) is 6.46. The fraction of sp³-hybridized carbons (Fsp3) is 0.435. The van der Waals surface area contributed by atoms with E-state index in [1.54, 1.807) is 28.4 Å². The summed E-state index contributed by atoms with van der Waals surface area (Å²) in [6.07, 6.45) is 1.18. The Labute approximate surface area is 191 Å². The smallest absolute Gasteiger partial charge is 0.306 e. The first-order valence-corrected chi connectivity index (χ1v) is 10.8. The number of piperidine rings is 1. The monoisotopic (exact) mass is 493 g/mol. The standard InChI is InChI=1S/C23H28BrNO6/c1-28-15-5-6-16(19(11-15)29-2)22(25-9-7-14(8-10-25)23(26)27)17-12-20(30-3)21(31-4)13-18(17)24/h5-6,11-14,22H,7-10H2,1-4H3,(H,26,27). The minimum atomic E-state index is -0.731. The van der Waals surface area contributed by atoms with Crippen LogP contribution in [0.5, 0.6) is 23.0 Å². The van der Waals surface area contributed by atoms with Gasteiger partial charge in [0.1, 0.15) is 11.5 Å². The van der Waals surface area contributed by atoms with Crippen molar-refractivity contribution in [2.24, 2.45) is 5.92 Å². The van der Waals surface area contributed by atoms with Crippen molar-refractivity contribution in [3.63, 3.8) is 0 Å². The zero-order chi connectivity index (χ0) is 22.5. The van der Waals surface area contributed by atoms with E-state index in [1.807, 2.05) is 30.3 Å². The average molecular weight is 494 g/mol. The van der Waals surface area contributed by atoms with Crippen molar-refractivity contribution in [2.45, 2.75) is 18.9 Å². The maximum absolute atomic E-state index is 11.5. The van der Waals surface area contributed by atoms with E-state index in [4.69, 9.17) is 18.9 Å². The molecule has 2 aromatic carbocycles. The molecule has 1 fully saturated rings. The molecular formula is C23H28BrNO6. The Bertz CT molecular complexity index is 927. The van der Waals surface area contributed by atoms with Crippen molar-refractivity contribution >= 4 is 21.9 Å². The summed E-state index contributed by atoms with van der Waals surface area (Å²) in [6.45, 7) is 1.30. The van der Waals surface area contributed by atoms with Gasteiger partial charge in [0.2, 0.25) is 0 Å². The van der Waals surface area contributed by atoms with Crippen LogP contribution in [0.4, 0.5) is 0 Å². The van der Waals surface area contributed by atoms with Crippen molar-refractivity contribution in [1.29, 1.82) is 0 Å². The normalized spacial score (nSPS) is 15.9. The molecule has 3 rings (SSSR count). The number of hydrogen-bond donors (Lipinski definition) is 1. The Hall–Kier alpha value is -2.45. The van der Waals surface area contributed by atoms with Crippen LogP contribution in [-0.4, -0.2) is 57.5 Å². The molecule has 31 heavy (non-hydrogen) atoms. The van der Waals surface area contributed by atoms with Gasteiger partial charge >= 0.3 is 5.97 Å². The van der Waals surface area contributed by atoms with Gasteiger partial charge in [0.05, 0.1) is 40.4 Å². The Morgan fingerprint density at radius 2 is 1.55 bits per heavy atom. The number of ether oxygens (including phenoxy) is 4. The van der Waals surface area contributed by atoms with Gasteiger partial charge in [-0.2, -0.15) is 0 Å². The minimum absolute atomic E-state index is 0.176. The van der Waals surface area contributed by atoms with Crippen molar-refractivity contribution in [2.75, 3.05) is 41.5 Å². The molecule has 0 aliphatic carbocycles. The quantitative estimate of drug-likeness (QED) is 0.584. The molecule has 1 aliphatic rings. The molecule has 0 spiro atoms. The summed E-state index contributed by atoms with van der Waals surface area (Å²) in [5.41, 5.74) is 1.94. The summed E-state index contributed by atoms with van der Waals surface area (Å²) >= 11 is 3.70. The second kappa shape index (κ2) is 10.2. The highest BCUT2D eigenvalue weighted by molar-refractivity contribution is 9.10. The van der Waals surface area contributed by atoms with Crippen LogP contribution in [0.25, 0.3) is 0 Å². The van der Waals surface area contributed by atoms with Gasteiger partial charge in [0, 0.05) is 16.1 Å². The topological polar surface area (TPSA) is 77.5 Å². The van der Waals surface area contributed by atoms with Crippen molar-refractivity contribution in [1.82, 2.24) is 4.90 Å². The average Bonchev–Trinajstić information content (AvgIpc) is 2.80. The minimum Gasteiger partial charge on any atom is -0.497 e. The van der Waals surface area contributed by atoms with Crippen LogP contribution in [0.2, 0.25) is 0 Å². The maximum Gasteiger partial charge on any atom is 0.306 e. The number of halogens is 1. The van der Waals surface area contributed by atoms with E-state index >= 15 is 0 Å². The predicted molar refractivity (Wildman–Crippen MR) is 121 cm³/mol. The van der Waals surface area contributed by atoms with Gasteiger partial charge in [-0.1, -0.05) is 15.9 Å². The first kappa shape index (κ1) is 23.2. The number of nitrogens with zero attached hydrogens (tertiary/aromatic N) is 1. The lowest BCUT2D eigenvalue weighted by Gasteiger charge is -2.38. The fourth-order valence-corrected chi connectivity index (χ4v) is 4.63. The van der Waals surface area contributed by atoms with Crippen LogP contribution in [0, 0.1) is 5.92 Å². The summed E-state index contributed by atoms with van der Waals surface area (Å²) < 4.78 is 22.9. The summed E-state index contributed by atoms with van der Waals surface area (Å²) in [5.74, 6) is 1.61. The molecule has 1 heterocycles. The van der Waals surface area contributed by atoms with Gasteiger partial charge in [-0.15, -0.1) is 0 Å². The van der Waals surface area contributed by atoms with Crippen LogP contribution in [0.3, 0.4) is 0 Å². The highest BCUT2D eigenvalue weighted by Gasteiger charge is 2.33. The molecule has 0 bridgehead atoms. The van der Waals surface area contributed by atoms with E-state index in [0.29, 0.717) is 48.9 Å². The SMILES string of the molecule is COc1ccc(C(c2cc(OC)c(OC)cc2Br)N2CCC(C(=O)O)CC2)c(OC)c1. The van der Waals surface area contributed by atoms with E-state index in [0.717, 1.165) is 15.6 Å². The fourth-order valence-electron chi connectivity index (χ4n) is 4.09. The number of methoxy groups -OCH3 is 4. The Morgan fingerprint density at radius 1 is 0.935 bits per heavy atom. The number of carboxylic acids is 1. The number of carbonyl (C=O) groups is 1. The Morgan fingerprint density at radius 3 is 2.10 bits per heavy atom. The first-order chi connectivity index (χ1) is 14.9. The first-order valence-electron chi connectivity index (χ1n) is 10.0. The van der Waals surface area contributed by atoms with Crippen molar-refractivity contribution in [3.8, 4) is 23.0 Å². The molecule has 2 aromatic rings. The Kier molecular flexibility index (Phi) is 7.67. The zero-order valence-corrected chi connectivity index (χ0v) is 19.8. The molecule has 0 radical (unpaired) electrons. The molecule has 1 atom stereocenters. The van der Waals surface area contributed by atoms with Crippen LogP contribution in [0.15, 0.2) is 34.8 Å². The third kappa shape index (κ3) is 4.91. The molecule has 0 saturated carbocycles. The van der Waals surface area contributed by atoms with Gasteiger partial charge < -0.3 is 24.1 Å². The van der Waals surface area contributed by atoms with Crippen molar-refractivity contribution < 1.29 is 28.8 Å². The van der Waals surface area contributed by atoms with Gasteiger partial charge in [-0.05, 0) is 55.8 Å². The number of rotatable bonds is 8. The van der Waals surface area contributed by atoms with Crippen LogP contribution >= 0.6 is 15.9 Å². The molecule has 8 heteroatoms.